The molecule has 0 aliphatic heterocycles. The van der Waals surface area contributed by atoms with E-state index >= 15 is 0 Å². The molecular weight excluding hydrogens is 378 g/mol. The molecule has 0 unspecified atom stereocenters. The lowest BCUT2D eigenvalue weighted by Gasteiger charge is -2.08. The van der Waals surface area contributed by atoms with Crippen molar-refractivity contribution >= 4 is 21.8 Å². The van der Waals surface area contributed by atoms with Crippen molar-refractivity contribution in [2.75, 3.05) is 5.32 Å². The molecule has 7 nitrogen and oxygen atoms in total. The Kier molecular flexibility index (Phi) is 5.33. The van der Waals surface area contributed by atoms with Crippen molar-refractivity contribution in [2.45, 2.75) is 37.8 Å². The third kappa shape index (κ3) is 3.96. The maximum absolute atomic E-state index is 12.4. The first-order valence-electron chi connectivity index (χ1n) is 8.75. The summed E-state index contributed by atoms with van der Waals surface area (Å²) in [5.74, 6) is -0.153. The summed E-state index contributed by atoms with van der Waals surface area (Å²) in [6.45, 7) is 7.12. The van der Waals surface area contributed by atoms with Gasteiger partial charge in [-0.15, -0.1) is 5.10 Å². The highest BCUT2D eigenvalue weighted by Gasteiger charge is 2.20. The van der Waals surface area contributed by atoms with Crippen LogP contribution in [-0.2, 0) is 9.84 Å². The van der Waals surface area contributed by atoms with Gasteiger partial charge in [0.05, 0.1) is 10.1 Å². The fourth-order valence-corrected chi connectivity index (χ4v) is 3.65. The molecule has 1 amide bonds. The number of nitrogens with zero attached hydrogens (tertiary/aromatic N) is 2. The van der Waals surface area contributed by atoms with Crippen LogP contribution in [0.2, 0.25) is 0 Å². The molecule has 1 N–H and O–H groups in total. The van der Waals surface area contributed by atoms with Gasteiger partial charge in [-0.3, -0.25) is 10.1 Å². The second kappa shape index (κ2) is 7.55. The van der Waals surface area contributed by atoms with Gasteiger partial charge in [-0.25, -0.2) is 8.42 Å². The normalized spacial score (nSPS) is 11.6. The number of aryl methyl sites for hydroxylation is 2. The Morgan fingerprint density at radius 2 is 1.71 bits per heavy atom. The molecule has 0 saturated heterocycles. The molecule has 1 aromatic heterocycles. The van der Waals surface area contributed by atoms with Crippen LogP contribution in [0.5, 0.6) is 0 Å². The molecule has 146 valence electrons. The molecule has 0 atom stereocenters. The predicted molar refractivity (Wildman–Crippen MR) is 106 cm³/mol. The van der Waals surface area contributed by atoms with Gasteiger partial charge in [-0.05, 0) is 63.6 Å². The van der Waals surface area contributed by atoms with E-state index in [1.165, 1.54) is 24.3 Å². The fourth-order valence-electron chi connectivity index (χ4n) is 2.59. The molecule has 2 aromatic carbocycles. The summed E-state index contributed by atoms with van der Waals surface area (Å²) in [6, 6.07) is 11.6. The highest BCUT2D eigenvalue weighted by atomic mass is 32.2. The summed E-state index contributed by atoms with van der Waals surface area (Å²) < 4.78 is 29.9. The fraction of sp³-hybridized carbons (Fsp3) is 0.250. The summed E-state index contributed by atoms with van der Waals surface area (Å²) >= 11 is 0. The van der Waals surface area contributed by atoms with Gasteiger partial charge >= 0.3 is 6.01 Å². The Morgan fingerprint density at radius 1 is 1.04 bits per heavy atom. The summed E-state index contributed by atoms with van der Waals surface area (Å²) in [7, 11) is -3.39. The van der Waals surface area contributed by atoms with Gasteiger partial charge in [-0.2, -0.15) is 0 Å². The number of benzene rings is 2. The highest BCUT2D eigenvalue weighted by Crippen LogP contribution is 2.25. The first-order valence-corrected chi connectivity index (χ1v) is 10.3. The lowest BCUT2D eigenvalue weighted by atomic mass is 10.1. The topological polar surface area (TPSA) is 102 Å². The number of nitrogens with one attached hydrogen (secondary N) is 1. The maximum atomic E-state index is 12.4. The van der Waals surface area contributed by atoms with Crippen LogP contribution in [0.4, 0.5) is 6.01 Å². The molecule has 0 spiro atoms. The SMILES string of the molecule is Cc1ccc(C)c(-c2nnc(NC(=O)c3ccc(S(=O)(=O)C(C)C)cc3)o2)c1. The van der Waals surface area contributed by atoms with Crippen molar-refractivity contribution in [3.63, 3.8) is 0 Å². The van der Waals surface area contributed by atoms with Crippen LogP contribution in [-0.4, -0.2) is 29.8 Å². The van der Waals surface area contributed by atoms with Crippen LogP contribution < -0.4 is 5.32 Å². The van der Waals surface area contributed by atoms with E-state index in [4.69, 9.17) is 4.42 Å². The molecule has 0 bridgehead atoms. The van der Waals surface area contributed by atoms with Gasteiger partial charge in [0.25, 0.3) is 5.91 Å². The molecule has 0 fully saturated rings. The van der Waals surface area contributed by atoms with E-state index in [9.17, 15) is 13.2 Å². The smallest absolute Gasteiger partial charge is 0.322 e. The van der Waals surface area contributed by atoms with E-state index in [2.05, 4.69) is 15.5 Å². The van der Waals surface area contributed by atoms with Crippen molar-refractivity contribution < 1.29 is 17.6 Å². The number of carbonyl (C=O) groups is 1. The van der Waals surface area contributed by atoms with Gasteiger partial charge in [0.1, 0.15) is 0 Å². The van der Waals surface area contributed by atoms with Crippen molar-refractivity contribution in [1.82, 2.24) is 10.2 Å². The number of aromatic nitrogens is 2. The van der Waals surface area contributed by atoms with Crippen molar-refractivity contribution in [3.8, 4) is 11.5 Å². The Balaban J connectivity index is 1.77. The minimum absolute atomic E-state index is 0.0280. The average molecular weight is 399 g/mol. The summed E-state index contributed by atoms with van der Waals surface area (Å²) in [6.07, 6.45) is 0. The van der Waals surface area contributed by atoms with Gasteiger partial charge in [-0.1, -0.05) is 22.8 Å². The average Bonchev–Trinajstić information content (AvgIpc) is 3.11. The lowest BCUT2D eigenvalue weighted by molar-refractivity contribution is 0.102. The number of rotatable bonds is 5. The minimum atomic E-state index is -3.39. The Bertz CT molecular complexity index is 1120. The summed E-state index contributed by atoms with van der Waals surface area (Å²) in [4.78, 5) is 12.6. The lowest BCUT2D eigenvalue weighted by Crippen LogP contribution is -2.15. The summed E-state index contributed by atoms with van der Waals surface area (Å²) in [5.41, 5.74) is 3.13. The second-order valence-corrected chi connectivity index (χ2v) is 9.31. The van der Waals surface area contributed by atoms with Crippen LogP contribution in [0, 0.1) is 13.8 Å². The molecule has 0 saturated carbocycles. The molecule has 3 aromatic rings. The highest BCUT2D eigenvalue weighted by molar-refractivity contribution is 7.92. The molecule has 8 heteroatoms. The number of sulfone groups is 1. The Hall–Kier alpha value is -3.00. The van der Waals surface area contributed by atoms with Crippen molar-refractivity contribution in [1.29, 1.82) is 0 Å². The number of amides is 1. The van der Waals surface area contributed by atoms with E-state index in [0.29, 0.717) is 5.89 Å². The molecular formula is C20H21N3O4S. The number of hydrogen-bond acceptors (Lipinski definition) is 6. The van der Waals surface area contributed by atoms with E-state index in [0.717, 1.165) is 16.7 Å². The maximum Gasteiger partial charge on any atom is 0.322 e. The summed E-state index contributed by atoms with van der Waals surface area (Å²) in [5, 5.41) is 9.86. The number of hydrogen-bond donors (Lipinski definition) is 1. The zero-order valence-electron chi connectivity index (χ0n) is 16.1. The van der Waals surface area contributed by atoms with Crippen LogP contribution in [0.1, 0.15) is 35.3 Å². The predicted octanol–water partition coefficient (Wildman–Crippen LogP) is 3.79. The second-order valence-electron chi connectivity index (χ2n) is 6.80. The number of anilines is 1. The van der Waals surface area contributed by atoms with E-state index < -0.39 is 21.0 Å². The van der Waals surface area contributed by atoms with Crippen LogP contribution in [0.3, 0.4) is 0 Å². The number of carbonyl (C=O) groups excluding carboxylic acids is 1. The van der Waals surface area contributed by atoms with Gasteiger partial charge < -0.3 is 4.42 Å². The molecule has 28 heavy (non-hydrogen) atoms. The van der Waals surface area contributed by atoms with Crippen molar-refractivity contribution in [3.05, 3.63) is 59.2 Å². The standard InChI is InChI=1S/C20H21N3O4S/c1-12(2)28(25,26)16-9-7-15(8-10-16)18(24)21-20-23-22-19(27-20)17-11-13(3)5-6-14(17)4/h5-12H,1-4H3,(H,21,23,24). The first-order chi connectivity index (χ1) is 13.2. The largest absolute Gasteiger partial charge is 0.403 e. The molecule has 3 rings (SSSR count). The molecule has 1 heterocycles. The van der Waals surface area contributed by atoms with E-state index in [1.54, 1.807) is 13.8 Å². The van der Waals surface area contributed by atoms with Crippen molar-refractivity contribution in [2.24, 2.45) is 0 Å². The van der Waals surface area contributed by atoms with Crippen LogP contribution in [0.15, 0.2) is 51.8 Å². The quantitative estimate of drug-likeness (QED) is 0.700. The van der Waals surface area contributed by atoms with Gasteiger partial charge in [0.15, 0.2) is 9.84 Å². The molecule has 0 radical (unpaired) electrons. The van der Waals surface area contributed by atoms with Crippen LogP contribution >= 0.6 is 0 Å². The zero-order chi connectivity index (χ0) is 20.5. The Labute approximate surface area is 163 Å². The van der Waals surface area contributed by atoms with E-state index in [1.807, 2.05) is 32.0 Å². The molecule has 0 aliphatic carbocycles. The van der Waals surface area contributed by atoms with Crippen LogP contribution in [0.25, 0.3) is 11.5 Å². The third-order valence-electron chi connectivity index (χ3n) is 4.33. The van der Waals surface area contributed by atoms with Gasteiger partial charge in [0, 0.05) is 11.1 Å². The molecule has 0 aliphatic rings. The third-order valence-corrected chi connectivity index (χ3v) is 6.51. The first kappa shape index (κ1) is 19.8. The van der Waals surface area contributed by atoms with Gasteiger partial charge in [0.2, 0.25) is 5.89 Å². The Morgan fingerprint density at radius 3 is 2.36 bits per heavy atom. The monoisotopic (exact) mass is 399 g/mol. The zero-order valence-corrected chi connectivity index (χ0v) is 16.9. The van der Waals surface area contributed by atoms with E-state index in [-0.39, 0.29) is 16.5 Å². The minimum Gasteiger partial charge on any atom is -0.403 e.